The fraction of sp³-hybridized carbons (Fsp3) is 0.105. The largest absolute Gasteiger partial charge is 0.465 e. The van der Waals surface area contributed by atoms with E-state index >= 15 is 0 Å². The summed E-state index contributed by atoms with van der Waals surface area (Å²) in [6.07, 6.45) is 2.49. The third-order valence-electron chi connectivity index (χ3n) is 3.32. The van der Waals surface area contributed by atoms with Crippen molar-refractivity contribution in [3.05, 3.63) is 76.9 Å². The maximum atomic E-state index is 13.5. The van der Waals surface area contributed by atoms with E-state index in [4.69, 9.17) is 4.74 Å². The molecule has 26 heavy (non-hydrogen) atoms. The summed E-state index contributed by atoms with van der Waals surface area (Å²) in [7, 11) is 1.27. The van der Waals surface area contributed by atoms with Crippen molar-refractivity contribution >= 4 is 23.8 Å². The topological polar surface area (TPSA) is 69.7 Å². The Kier molecular flexibility index (Phi) is 6.32. The Labute approximate surface area is 147 Å². The highest BCUT2D eigenvalue weighted by atomic mass is 19.1. The van der Waals surface area contributed by atoms with Gasteiger partial charge in [0.1, 0.15) is 11.6 Å². The summed E-state index contributed by atoms with van der Waals surface area (Å²) < 4.78 is 35.8. The van der Waals surface area contributed by atoms with Crippen LogP contribution >= 0.6 is 0 Å². The molecule has 0 saturated carbocycles. The summed E-state index contributed by atoms with van der Waals surface area (Å²) in [4.78, 5) is 34.7. The first kappa shape index (κ1) is 19.0. The minimum Gasteiger partial charge on any atom is -0.465 e. The molecule has 0 aromatic heterocycles. The average Bonchev–Trinajstić information content (AvgIpc) is 2.66. The molecule has 0 saturated heterocycles. The predicted molar refractivity (Wildman–Crippen MR) is 88.5 cm³/mol. The van der Waals surface area contributed by atoms with Crippen LogP contribution < -0.4 is 0 Å². The third kappa shape index (κ3) is 5.07. The molecule has 0 radical (unpaired) electrons. The first-order valence-corrected chi connectivity index (χ1v) is 7.42. The highest BCUT2D eigenvalue weighted by molar-refractivity contribution is 5.99. The predicted octanol–water partition coefficient (Wildman–Crippen LogP) is 3.19. The minimum absolute atomic E-state index is 0.356. The van der Waals surface area contributed by atoms with Gasteiger partial charge in [0.25, 0.3) is 0 Å². The number of hydrogen-bond acceptors (Lipinski definition) is 5. The van der Waals surface area contributed by atoms with Gasteiger partial charge in [0.15, 0.2) is 6.61 Å². The van der Waals surface area contributed by atoms with Crippen molar-refractivity contribution in [3.8, 4) is 0 Å². The molecule has 2 rings (SSSR count). The van der Waals surface area contributed by atoms with Gasteiger partial charge in [-0.05, 0) is 42.0 Å². The third-order valence-corrected chi connectivity index (χ3v) is 3.32. The Balaban J connectivity index is 1.92. The van der Waals surface area contributed by atoms with Crippen LogP contribution in [-0.2, 0) is 14.3 Å². The number of hydrogen-bond donors (Lipinski definition) is 0. The van der Waals surface area contributed by atoms with Gasteiger partial charge in [0, 0.05) is 6.08 Å². The molecule has 0 aliphatic carbocycles. The molecule has 0 aliphatic heterocycles. The molecule has 0 unspecified atom stereocenters. The van der Waals surface area contributed by atoms with E-state index in [2.05, 4.69) is 4.74 Å². The van der Waals surface area contributed by atoms with E-state index < -0.39 is 41.5 Å². The maximum absolute atomic E-state index is 13.5. The van der Waals surface area contributed by atoms with Crippen LogP contribution in [0.15, 0.2) is 48.5 Å². The molecule has 134 valence electrons. The summed E-state index contributed by atoms with van der Waals surface area (Å²) in [6, 6.07) is 8.66. The van der Waals surface area contributed by atoms with E-state index in [0.29, 0.717) is 11.1 Å². The molecule has 5 nitrogen and oxygen atoms in total. The lowest BCUT2D eigenvalue weighted by atomic mass is 10.1. The van der Waals surface area contributed by atoms with Crippen LogP contribution in [-0.4, -0.2) is 31.4 Å². The molecule has 0 fully saturated rings. The van der Waals surface area contributed by atoms with Crippen molar-refractivity contribution < 1.29 is 32.6 Å². The number of ketones is 1. The Morgan fingerprint density at radius 3 is 2.38 bits per heavy atom. The molecule has 7 heteroatoms. The maximum Gasteiger partial charge on any atom is 0.337 e. The van der Waals surface area contributed by atoms with Gasteiger partial charge in [-0.1, -0.05) is 12.1 Å². The quantitative estimate of drug-likeness (QED) is 0.450. The van der Waals surface area contributed by atoms with Crippen LogP contribution in [0.3, 0.4) is 0 Å². The Hall–Kier alpha value is -3.35. The van der Waals surface area contributed by atoms with Gasteiger partial charge < -0.3 is 9.47 Å². The molecule has 0 bridgehead atoms. The minimum atomic E-state index is -0.895. The van der Waals surface area contributed by atoms with Crippen LogP contribution in [0.4, 0.5) is 8.78 Å². The van der Waals surface area contributed by atoms with Crippen LogP contribution in [0.1, 0.15) is 26.3 Å². The van der Waals surface area contributed by atoms with Gasteiger partial charge in [-0.2, -0.15) is 0 Å². The number of benzene rings is 2. The average molecular weight is 360 g/mol. The summed E-state index contributed by atoms with van der Waals surface area (Å²) >= 11 is 0. The second-order valence-electron chi connectivity index (χ2n) is 5.10. The second kappa shape index (κ2) is 8.66. The number of carbonyl (C=O) groups is 3. The van der Waals surface area contributed by atoms with Gasteiger partial charge in [-0.3, -0.25) is 4.79 Å². The molecule has 0 amide bonds. The number of carbonyl (C=O) groups excluding carboxylic acids is 3. The van der Waals surface area contributed by atoms with E-state index in [9.17, 15) is 23.2 Å². The van der Waals surface area contributed by atoms with Crippen molar-refractivity contribution in [2.24, 2.45) is 0 Å². The number of Topliss-reactive ketones (excluding diaryl/α,β-unsaturated/α-hetero) is 1. The summed E-state index contributed by atoms with van der Waals surface area (Å²) in [5.74, 6) is -3.83. The normalized spacial score (nSPS) is 10.6. The zero-order valence-electron chi connectivity index (χ0n) is 13.7. The lowest BCUT2D eigenvalue weighted by molar-refractivity contribution is -0.136. The SMILES string of the molecule is COC(=O)c1ccc(/C=C/C(=O)OCC(=O)c2cc(F)ccc2F)cc1. The van der Waals surface area contributed by atoms with Crippen LogP contribution in [0, 0.1) is 11.6 Å². The van der Waals surface area contributed by atoms with E-state index in [1.54, 1.807) is 12.1 Å². The number of methoxy groups -OCH3 is 1. The first-order chi connectivity index (χ1) is 12.4. The monoisotopic (exact) mass is 360 g/mol. The Bertz CT molecular complexity index is 857. The molecule has 2 aromatic rings. The number of esters is 2. The molecule has 0 atom stereocenters. The van der Waals surface area contributed by atoms with E-state index in [0.717, 1.165) is 24.3 Å². The van der Waals surface area contributed by atoms with Crippen molar-refractivity contribution in [1.82, 2.24) is 0 Å². The smallest absolute Gasteiger partial charge is 0.337 e. The molecule has 0 spiro atoms. The Morgan fingerprint density at radius 2 is 1.73 bits per heavy atom. The zero-order valence-corrected chi connectivity index (χ0v) is 13.7. The highest BCUT2D eigenvalue weighted by Crippen LogP contribution is 2.11. The van der Waals surface area contributed by atoms with Crippen molar-refractivity contribution in [2.45, 2.75) is 0 Å². The highest BCUT2D eigenvalue weighted by Gasteiger charge is 2.14. The van der Waals surface area contributed by atoms with Crippen molar-refractivity contribution in [3.63, 3.8) is 0 Å². The number of rotatable bonds is 6. The summed E-state index contributed by atoms with van der Waals surface area (Å²) in [5, 5.41) is 0. The lowest BCUT2D eigenvalue weighted by Gasteiger charge is -2.03. The van der Waals surface area contributed by atoms with Crippen LogP contribution in [0.25, 0.3) is 6.08 Å². The van der Waals surface area contributed by atoms with Crippen molar-refractivity contribution in [1.29, 1.82) is 0 Å². The zero-order chi connectivity index (χ0) is 19.1. The fourth-order valence-corrected chi connectivity index (χ4v) is 1.99. The second-order valence-corrected chi connectivity index (χ2v) is 5.10. The molecule has 0 heterocycles. The molecular weight excluding hydrogens is 346 g/mol. The first-order valence-electron chi connectivity index (χ1n) is 7.42. The molecular formula is C19H14F2O5. The molecule has 0 N–H and O–H groups in total. The lowest BCUT2D eigenvalue weighted by Crippen LogP contribution is -2.14. The van der Waals surface area contributed by atoms with Gasteiger partial charge in [0.2, 0.25) is 5.78 Å². The Morgan fingerprint density at radius 1 is 1.04 bits per heavy atom. The van der Waals surface area contributed by atoms with E-state index in [1.165, 1.54) is 25.3 Å². The van der Waals surface area contributed by atoms with Gasteiger partial charge >= 0.3 is 11.9 Å². The fourth-order valence-electron chi connectivity index (χ4n) is 1.99. The van der Waals surface area contributed by atoms with Crippen LogP contribution in [0.2, 0.25) is 0 Å². The van der Waals surface area contributed by atoms with Gasteiger partial charge in [-0.15, -0.1) is 0 Å². The van der Waals surface area contributed by atoms with Gasteiger partial charge in [-0.25, -0.2) is 18.4 Å². The number of ether oxygens (including phenoxy) is 2. The summed E-state index contributed by atoms with van der Waals surface area (Å²) in [5.41, 5.74) is 0.479. The molecule has 0 aliphatic rings. The van der Waals surface area contributed by atoms with Gasteiger partial charge in [0.05, 0.1) is 18.2 Å². The van der Waals surface area contributed by atoms with E-state index in [1.807, 2.05) is 0 Å². The summed E-state index contributed by atoms with van der Waals surface area (Å²) in [6.45, 7) is -0.717. The standard InChI is InChI=1S/C19H14F2O5/c1-25-19(24)13-5-2-12(3-6-13)4-9-18(23)26-11-17(22)15-10-14(20)7-8-16(15)21/h2-10H,11H2,1H3/b9-4+. The molecule has 2 aromatic carbocycles. The van der Waals surface area contributed by atoms with E-state index in [-0.39, 0.29) is 0 Å². The van der Waals surface area contributed by atoms with Crippen molar-refractivity contribution in [2.75, 3.05) is 13.7 Å². The van der Waals surface area contributed by atoms with Crippen LogP contribution in [0.5, 0.6) is 0 Å². The number of halogens is 2.